The summed E-state index contributed by atoms with van der Waals surface area (Å²) in [5.41, 5.74) is 9.58. The smallest absolute Gasteiger partial charge is 0.0541 e. The summed E-state index contributed by atoms with van der Waals surface area (Å²) >= 11 is 0. The molecule has 0 amide bonds. The molecule has 1 N–H and O–H groups in total. The second kappa shape index (κ2) is 7.99. The van der Waals surface area contributed by atoms with Crippen molar-refractivity contribution in [1.29, 1.82) is 0 Å². The number of aromatic nitrogens is 1. The van der Waals surface area contributed by atoms with Gasteiger partial charge in [-0.1, -0.05) is 72.8 Å². The third-order valence-electron chi connectivity index (χ3n) is 6.31. The Bertz CT molecular complexity index is 1580. The quantitative estimate of drug-likeness (QED) is 0.300. The lowest BCUT2D eigenvalue weighted by atomic mass is 10.0. The van der Waals surface area contributed by atoms with E-state index < -0.39 is 0 Å². The lowest BCUT2D eigenvalue weighted by Gasteiger charge is -2.11. The number of para-hydroxylation sites is 3. The van der Waals surface area contributed by atoms with Crippen LogP contribution in [0, 0.1) is 6.92 Å². The van der Waals surface area contributed by atoms with Gasteiger partial charge >= 0.3 is 0 Å². The molecule has 0 saturated heterocycles. The summed E-state index contributed by atoms with van der Waals surface area (Å²) in [5.74, 6) is 0. The van der Waals surface area contributed by atoms with Gasteiger partial charge in [0.05, 0.1) is 11.0 Å². The number of anilines is 2. The van der Waals surface area contributed by atoms with Crippen LogP contribution in [0.15, 0.2) is 121 Å². The van der Waals surface area contributed by atoms with Crippen molar-refractivity contribution in [2.75, 3.05) is 5.32 Å². The average Bonchev–Trinajstić information content (AvgIpc) is 3.19. The standard InChI is InChI=1S/C31H24N2/c1-22-9-5-7-13-29(22)33-30-14-8-6-12-27(30)28-21-24(17-20-31(28)33)23-15-18-26(19-16-23)32-25-10-3-2-4-11-25/h2-21,32H,1H3. The first-order valence-electron chi connectivity index (χ1n) is 11.3. The van der Waals surface area contributed by atoms with Gasteiger partial charge in [-0.2, -0.15) is 0 Å². The summed E-state index contributed by atoms with van der Waals surface area (Å²) in [6, 6.07) is 43.0. The van der Waals surface area contributed by atoms with E-state index in [0.29, 0.717) is 0 Å². The van der Waals surface area contributed by atoms with Crippen LogP contribution in [0.25, 0.3) is 38.6 Å². The van der Waals surface area contributed by atoms with Gasteiger partial charge < -0.3 is 9.88 Å². The van der Waals surface area contributed by atoms with Crippen molar-refractivity contribution in [3.63, 3.8) is 0 Å². The SMILES string of the molecule is Cc1ccccc1-n1c2ccccc2c2cc(-c3ccc(Nc4ccccc4)cc3)ccc21. The predicted molar refractivity (Wildman–Crippen MR) is 141 cm³/mol. The van der Waals surface area contributed by atoms with Crippen LogP contribution < -0.4 is 5.32 Å². The first kappa shape index (κ1) is 19.4. The molecule has 0 saturated carbocycles. The first-order valence-corrected chi connectivity index (χ1v) is 11.3. The lowest BCUT2D eigenvalue weighted by molar-refractivity contribution is 1.15. The molecule has 0 aliphatic rings. The number of benzene rings is 5. The predicted octanol–water partition coefficient (Wildman–Crippen LogP) is 8.50. The molecule has 6 rings (SSSR count). The fourth-order valence-corrected chi connectivity index (χ4v) is 4.66. The van der Waals surface area contributed by atoms with Crippen molar-refractivity contribution in [2.45, 2.75) is 6.92 Å². The number of nitrogens with one attached hydrogen (secondary N) is 1. The second-order valence-corrected chi connectivity index (χ2v) is 8.44. The minimum Gasteiger partial charge on any atom is -0.356 e. The number of hydrogen-bond acceptors (Lipinski definition) is 1. The van der Waals surface area contributed by atoms with E-state index in [4.69, 9.17) is 0 Å². The zero-order valence-electron chi connectivity index (χ0n) is 18.5. The van der Waals surface area contributed by atoms with Gasteiger partial charge in [-0.05, 0) is 72.1 Å². The van der Waals surface area contributed by atoms with E-state index in [1.165, 1.54) is 44.2 Å². The van der Waals surface area contributed by atoms with E-state index in [0.717, 1.165) is 11.4 Å². The Balaban J connectivity index is 1.44. The van der Waals surface area contributed by atoms with Crippen molar-refractivity contribution >= 4 is 33.2 Å². The van der Waals surface area contributed by atoms with Crippen LogP contribution in [-0.4, -0.2) is 4.57 Å². The van der Waals surface area contributed by atoms with Crippen molar-refractivity contribution in [2.24, 2.45) is 0 Å². The van der Waals surface area contributed by atoms with Crippen LogP contribution >= 0.6 is 0 Å². The van der Waals surface area contributed by atoms with Crippen LogP contribution in [0.3, 0.4) is 0 Å². The normalized spacial score (nSPS) is 11.2. The number of nitrogens with zero attached hydrogens (tertiary/aromatic N) is 1. The molecular formula is C31H24N2. The molecule has 0 unspecified atom stereocenters. The summed E-state index contributed by atoms with van der Waals surface area (Å²) in [5, 5.41) is 6.01. The minimum atomic E-state index is 1.09. The number of fused-ring (bicyclic) bond motifs is 3. The molecule has 2 heteroatoms. The highest BCUT2D eigenvalue weighted by Gasteiger charge is 2.14. The fraction of sp³-hybridized carbons (Fsp3) is 0.0323. The van der Waals surface area contributed by atoms with Gasteiger partial charge in [0, 0.05) is 27.8 Å². The third kappa shape index (κ3) is 3.46. The molecule has 1 aromatic heterocycles. The van der Waals surface area contributed by atoms with Gasteiger partial charge in [0.15, 0.2) is 0 Å². The number of aryl methyl sites for hydroxylation is 1. The van der Waals surface area contributed by atoms with Gasteiger partial charge in [-0.25, -0.2) is 0 Å². The van der Waals surface area contributed by atoms with Gasteiger partial charge in [-0.3, -0.25) is 0 Å². The van der Waals surface area contributed by atoms with Gasteiger partial charge in [0.1, 0.15) is 0 Å². The molecule has 0 aliphatic heterocycles. The minimum absolute atomic E-state index is 1.09. The molecule has 0 spiro atoms. The maximum atomic E-state index is 3.46. The molecular weight excluding hydrogens is 400 g/mol. The molecule has 1 heterocycles. The molecule has 33 heavy (non-hydrogen) atoms. The maximum Gasteiger partial charge on any atom is 0.0541 e. The summed E-state index contributed by atoms with van der Waals surface area (Å²) in [7, 11) is 0. The number of hydrogen-bond donors (Lipinski definition) is 1. The van der Waals surface area contributed by atoms with Crippen LogP contribution in [-0.2, 0) is 0 Å². The Hall–Kier alpha value is -4.30. The van der Waals surface area contributed by atoms with Gasteiger partial charge in [0.25, 0.3) is 0 Å². The van der Waals surface area contributed by atoms with E-state index in [9.17, 15) is 0 Å². The molecule has 0 bridgehead atoms. The van der Waals surface area contributed by atoms with E-state index in [-0.39, 0.29) is 0 Å². The molecule has 0 radical (unpaired) electrons. The summed E-state index contributed by atoms with van der Waals surface area (Å²) in [6.45, 7) is 2.18. The van der Waals surface area contributed by atoms with Crippen molar-refractivity contribution in [3.05, 3.63) is 127 Å². The highest BCUT2D eigenvalue weighted by molar-refractivity contribution is 6.10. The number of rotatable bonds is 4. The molecule has 6 aromatic rings. The van der Waals surface area contributed by atoms with E-state index in [1.807, 2.05) is 18.2 Å². The Kier molecular flexibility index (Phi) is 4.70. The Morgan fingerprint density at radius 3 is 1.97 bits per heavy atom. The topological polar surface area (TPSA) is 17.0 Å². The Labute approximate surface area is 193 Å². The summed E-state index contributed by atoms with van der Waals surface area (Å²) in [4.78, 5) is 0. The molecule has 0 atom stereocenters. The lowest BCUT2D eigenvalue weighted by Crippen LogP contribution is -1.96. The maximum absolute atomic E-state index is 3.46. The van der Waals surface area contributed by atoms with Crippen molar-refractivity contribution in [3.8, 4) is 16.8 Å². The summed E-state index contributed by atoms with van der Waals surface area (Å²) < 4.78 is 2.39. The molecule has 2 nitrogen and oxygen atoms in total. The highest BCUT2D eigenvalue weighted by Crippen LogP contribution is 2.35. The monoisotopic (exact) mass is 424 g/mol. The zero-order chi connectivity index (χ0) is 22.2. The van der Waals surface area contributed by atoms with E-state index >= 15 is 0 Å². The molecule has 5 aromatic carbocycles. The van der Waals surface area contributed by atoms with Crippen LogP contribution in [0.2, 0.25) is 0 Å². The van der Waals surface area contributed by atoms with Crippen molar-refractivity contribution < 1.29 is 0 Å². The van der Waals surface area contributed by atoms with Crippen LogP contribution in [0.4, 0.5) is 11.4 Å². The van der Waals surface area contributed by atoms with E-state index in [1.54, 1.807) is 0 Å². The van der Waals surface area contributed by atoms with Crippen LogP contribution in [0.5, 0.6) is 0 Å². The molecule has 0 fully saturated rings. The van der Waals surface area contributed by atoms with Crippen LogP contribution in [0.1, 0.15) is 5.56 Å². The highest BCUT2D eigenvalue weighted by atomic mass is 15.0. The molecule has 158 valence electrons. The van der Waals surface area contributed by atoms with E-state index in [2.05, 4.69) is 120 Å². The zero-order valence-corrected chi connectivity index (χ0v) is 18.5. The second-order valence-electron chi connectivity index (χ2n) is 8.44. The average molecular weight is 425 g/mol. The molecule has 0 aliphatic carbocycles. The third-order valence-corrected chi connectivity index (χ3v) is 6.31. The Morgan fingerprint density at radius 1 is 0.515 bits per heavy atom. The first-order chi connectivity index (χ1) is 16.3. The fourth-order valence-electron chi connectivity index (χ4n) is 4.66. The summed E-state index contributed by atoms with van der Waals surface area (Å²) in [6.07, 6.45) is 0. The van der Waals surface area contributed by atoms with Crippen molar-refractivity contribution in [1.82, 2.24) is 4.57 Å². The largest absolute Gasteiger partial charge is 0.356 e. The van der Waals surface area contributed by atoms with Gasteiger partial charge in [0.2, 0.25) is 0 Å². The van der Waals surface area contributed by atoms with Gasteiger partial charge in [-0.15, -0.1) is 0 Å². The Morgan fingerprint density at radius 2 is 1.15 bits per heavy atom.